The number of carbonyl (C=O) groups excluding carboxylic acids is 1. The third-order valence-electron chi connectivity index (χ3n) is 2.71. The van der Waals surface area contributed by atoms with Crippen LogP contribution >= 0.6 is 15.6 Å². The van der Waals surface area contributed by atoms with Crippen LogP contribution in [0.15, 0.2) is 0 Å². The van der Waals surface area contributed by atoms with Gasteiger partial charge >= 0.3 is 35.5 Å². The van der Waals surface area contributed by atoms with E-state index in [2.05, 4.69) is 18.1 Å². The molecule has 1 N–H and O–H groups in total. The molecular weight excluding hydrogens is 473 g/mol. The monoisotopic (exact) mass is 504 g/mol. The maximum absolute atomic E-state index is 10.9. The second kappa shape index (κ2) is 15.8. The first-order chi connectivity index (χ1) is 13.2. The molecule has 180 valence electrons. The molecule has 2 atom stereocenters. The van der Waals surface area contributed by atoms with Crippen molar-refractivity contribution in [2.75, 3.05) is 81.8 Å². The third kappa shape index (κ3) is 30.1. The molecule has 0 radical (unpaired) electrons. The molecule has 0 aliphatic carbocycles. The molecule has 0 spiro atoms. The maximum atomic E-state index is 10.9. The number of carboxylic acids is 2. The Hall–Kier alpha value is 0.0800. The van der Waals surface area contributed by atoms with Crippen LogP contribution in [0.25, 0.3) is 0 Å². The van der Waals surface area contributed by atoms with Gasteiger partial charge in [0.15, 0.2) is 6.61 Å². The Kier molecular flexibility index (Phi) is 18.2. The van der Waals surface area contributed by atoms with Crippen molar-refractivity contribution in [3.05, 3.63) is 0 Å². The standard InChI is InChI=1S/2C7H16NO6P.Na/c2*1-8(2,3)4-5-13-15(11,12)14-6-7(9)10;/h2*4-6H2,1-3H3,(H-,9,10,11,12);/q;;+1/p-1. The zero-order valence-corrected chi connectivity index (χ0v) is 22.8. The molecule has 0 bridgehead atoms. The number of nitrogens with zero attached hydrogens (tertiary/aromatic N) is 2. The summed E-state index contributed by atoms with van der Waals surface area (Å²) in [5.41, 5.74) is 0. The second-order valence-corrected chi connectivity index (χ2v) is 10.7. The minimum atomic E-state index is -4.51. The van der Waals surface area contributed by atoms with E-state index in [-0.39, 0.29) is 42.8 Å². The number of phosphoric acid groups is 2. The predicted molar refractivity (Wildman–Crippen MR) is 97.5 cm³/mol. The number of likely N-dealkylation sites (N-methyl/N-ethyl adjacent to an activating group) is 2. The predicted octanol–water partition coefficient (Wildman–Crippen LogP) is -5.77. The summed E-state index contributed by atoms with van der Waals surface area (Å²) < 4.78 is 39.9. The zero-order chi connectivity index (χ0) is 24.2. The van der Waals surface area contributed by atoms with Crippen LogP contribution in [0.2, 0.25) is 0 Å². The van der Waals surface area contributed by atoms with Crippen molar-refractivity contribution in [2.45, 2.75) is 0 Å². The van der Waals surface area contributed by atoms with Crippen LogP contribution < -0.4 is 44.5 Å². The van der Waals surface area contributed by atoms with Gasteiger partial charge in [-0.1, -0.05) is 0 Å². The summed E-state index contributed by atoms with van der Waals surface area (Å²) in [4.78, 5) is 41.8. The molecule has 0 aromatic rings. The molecule has 0 saturated heterocycles. The number of hydrogen-bond donors (Lipinski definition) is 1. The molecular formula is C14H31N2NaO12P2. The third-order valence-corrected chi connectivity index (χ3v) is 4.60. The van der Waals surface area contributed by atoms with Gasteiger partial charge in [0.05, 0.1) is 54.9 Å². The van der Waals surface area contributed by atoms with Crippen molar-refractivity contribution in [2.24, 2.45) is 0 Å². The summed E-state index contributed by atoms with van der Waals surface area (Å²) in [6, 6.07) is 0. The average molecular weight is 504 g/mol. The fourth-order valence-electron chi connectivity index (χ4n) is 1.19. The SMILES string of the molecule is C[N+](C)(C)CCOP(=O)([O-])OCC(=O)O.C[N+](C)(C)CCOP(=O)([O-])OCC(=O)[O-].[Na+]. The van der Waals surface area contributed by atoms with E-state index in [4.69, 9.17) is 5.11 Å². The molecule has 0 amide bonds. The summed E-state index contributed by atoms with van der Waals surface area (Å²) in [5, 5.41) is 18.1. The smallest absolute Gasteiger partial charge is 0.756 e. The molecule has 2 unspecified atom stereocenters. The average Bonchev–Trinajstić information content (AvgIpc) is 2.49. The first-order valence-corrected chi connectivity index (χ1v) is 11.4. The van der Waals surface area contributed by atoms with E-state index in [1.807, 2.05) is 42.3 Å². The van der Waals surface area contributed by atoms with E-state index < -0.39 is 40.8 Å². The van der Waals surface area contributed by atoms with Crippen molar-refractivity contribution in [1.82, 2.24) is 0 Å². The van der Waals surface area contributed by atoms with Gasteiger partial charge in [-0.2, -0.15) is 0 Å². The molecule has 0 aromatic heterocycles. The normalized spacial score (nSPS) is 15.5. The molecule has 31 heavy (non-hydrogen) atoms. The van der Waals surface area contributed by atoms with Gasteiger partial charge in [0.25, 0.3) is 15.6 Å². The van der Waals surface area contributed by atoms with Crippen LogP contribution in [-0.2, 0) is 36.8 Å². The van der Waals surface area contributed by atoms with E-state index >= 15 is 0 Å². The minimum absolute atomic E-state index is 0. The van der Waals surface area contributed by atoms with Gasteiger partial charge in [0.1, 0.15) is 26.3 Å². The van der Waals surface area contributed by atoms with Gasteiger partial charge in [0.2, 0.25) is 0 Å². The molecule has 0 rings (SSSR count). The van der Waals surface area contributed by atoms with Crippen LogP contribution in [0.5, 0.6) is 0 Å². The van der Waals surface area contributed by atoms with Crippen molar-refractivity contribution in [3.63, 3.8) is 0 Å². The van der Waals surface area contributed by atoms with Crippen molar-refractivity contribution >= 4 is 27.6 Å². The molecule has 0 fully saturated rings. The Morgan fingerprint density at radius 3 is 1.35 bits per heavy atom. The fraction of sp³-hybridized carbons (Fsp3) is 0.857. The minimum Gasteiger partial charge on any atom is -0.756 e. The van der Waals surface area contributed by atoms with Crippen molar-refractivity contribution in [1.29, 1.82) is 0 Å². The molecule has 0 heterocycles. The number of quaternary nitrogens is 2. The van der Waals surface area contributed by atoms with Gasteiger partial charge in [-0.3, -0.25) is 9.13 Å². The Morgan fingerprint density at radius 2 is 1.10 bits per heavy atom. The first-order valence-electron chi connectivity index (χ1n) is 8.47. The fourth-order valence-corrected chi connectivity index (χ4v) is 2.49. The Morgan fingerprint density at radius 1 is 0.774 bits per heavy atom. The summed E-state index contributed by atoms with van der Waals surface area (Å²) >= 11 is 0. The Labute approximate surface area is 204 Å². The largest absolute Gasteiger partial charge is 1.00 e. The Balaban J connectivity index is -0.000000490. The van der Waals surface area contributed by atoms with Gasteiger partial charge in [-0.05, 0) is 0 Å². The molecule has 0 aliphatic rings. The van der Waals surface area contributed by atoms with Gasteiger partial charge in [-0.25, -0.2) is 4.79 Å². The van der Waals surface area contributed by atoms with Crippen LogP contribution in [0.4, 0.5) is 0 Å². The molecule has 0 aliphatic heterocycles. The molecule has 17 heteroatoms. The van der Waals surface area contributed by atoms with E-state index in [1.165, 1.54) is 0 Å². The number of carbonyl (C=O) groups is 2. The van der Waals surface area contributed by atoms with Crippen LogP contribution in [0.3, 0.4) is 0 Å². The summed E-state index contributed by atoms with van der Waals surface area (Å²) in [6.45, 7) is -1.10. The van der Waals surface area contributed by atoms with Gasteiger partial charge < -0.3 is 51.9 Å². The van der Waals surface area contributed by atoms with Crippen LogP contribution in [0.1, 0.15) is 0 Å². The van der Waals surface area contributed by atoms with Gasteiger partial charge in [0, 0.05) is 0 Å². The summed E-state index contributed by atoms with van der Waals surface area (Å²) in [5.74, 6) is -2.97. The summed E-state index contributed by atoms with van der Waals surface area (Å²) in [6.07, 6.45) is 0. The molecule has 0 aromatic carbocycles. The molecule has 14 nitrogen and oxygen atoms in total. The number of hydrogen-bond acceptors (Lipinski definition) is 11. The first kappa shape index (κ1) is 35.7. The zero-order valence-electron chi connectivity index (χ0n) is 19.0. The van der Waals surface area contributed by atoms with Crippen molar-refractivity contribution < 1.29 is 95.3 Å². The van der Waals surface area contributed by atoms with E-state index in [1.54, 1.807) is 0 Å². The van der Waals surface area contributed by atoms with E-state index in [9.17, 15) is 33.6 Å². The Bertz CT molecular complexity index is 582. The number of phosphoric ester groups is 2. The molecule has 0 saturated carbocycles. The second-order valence-electron chi connectivity index (χ2n) is 7.90. The topological polar surface area (TPSA) is 195 Å². The quantitative estimate of drug-likeness (QED) is 0.134. The summed E-state index contributed by atoms with van der Waals surface area (Å²) in [7, 11) is 2.22. The number of aliphatic carboxylic acids is 2. The van der Waals surface area contributed by atoms with Crippen molar-refractivity contribution in [3.8, 4) is 0 Å². The number of carboxylic acid groups (broad SMARTS) is 2. The van der Waals surface area contributed by atoms with Crippen LogP contribution in [0, 0.1) is 0 Å². The van der Waals surface area contributed by atoms with Gasteiger partial charge in [-0.15, -0.1) is 0 Å². The maximum Gasteiger partial charge on any atom is 1.00 e. The number of rotatable bonds is 14. The van der Waals surface area contributed by atoms with Crippen LogP contribution in [-0.4, -0.2) is 108 Å². The van der Waals surface area contributed by atoms with E-state index in [0.717, 1.165) is 0 Å². The van der Waals surface area contributed by atoms with E-state index in [0.29, 0.717) is 22.1 Å².